The van der Waals surface area contributed by atoms with Gasteiger partial charge in [0, 0.05) is 41.3 Å². The van der Waals surface area contributed by atoms with Crippen molar-refractivity contribution in [1.29, 1.82) is 0 Å². The molecular formula is C32H30O12. The molecule has 0 amide bonds. The Bertz CT molecular complexity index is 1750. The highest BCUT2D eigenvalue weighted by atomic mass is 16.5. The molecule has 8 N–H and O–H groups in total. The molecule has 6 rings (SSSR count). The first kappa shape index (κ1) is 28.9. The number of ether oxygens (including phenoxy) is 4. The van der Waals surface area contributed by atoms with Crippen LogP contribution in [-0.2, 0) is 6.42 Å². The van der Waals surface area contributed by atoms with Gasteiger partial charge in [-0.15, -0.1) is 0 Å². The van der Waals surface area contributed by atoms with E-state index in [1.165, 1.54) is 56.7 Å². The van der Waals surface area contributed by atoms with Gasteiger partial charge >= 0.3 is 0 Å². The van der Waals surface area contributed by atoms with E-state index in [1.54, 1.807) is 6.07 Å². The second-order valence-corrected chi connectivity index (χ2v) is 10.7. The topological polar surface area (TPSA) is 199 Å². The first-order chi connectivity index (χ1) is 21.0. The first-order valence-corrected chi connectivity index (χ1v) is 13.6. The standard InChI is InChI=1S/C32H30O12/c1-41-23-6-4-14(8-19(23)36)31-29(40)28(26-20(37)9-15(33)10-25(26)43-31)27-21(38)12-24(42-2)16-11-22(39)30(44-32(16)27)13-3-5-17(34)18(35)7-13/h3-10,12,22,28-31,33-40H,11H2,1-2H3/t22-,28?,29+,30+,31+/m0/s1. The summed E-state index contributed by atoms with van der Waals surface area (Å²) in [6, 6.07) is 12.0. The van der Waals surface area contributed by atoms with E-state index in [2.05, 4.69) is 0 Å². The molecule has 4 aromatic carbocycles. The van der Waals surface area contributed by atoms with E-state index >= 15 is 0 Å². The van der Waals surface area contributed by atoms with Crippen LogP contribution in [0, 0.1) is 0 Å². The Morgan fingerprint density at radius 1 is 0.636 bits per heavy atom. The highest BCUT2D eigenvalue weighted by Gasteiger charge is 2.46. The molecule has 2 aliphatic rings. The van der Waals surface area contributed by atoms with Gasteiger partial charge in [-0.25, -0.2) is 0 Å². The fraction of sp³-hybridized carbons (Fsp3) is 0.250. The molecule has 2 heterocycles. The minimum absolute atomic E-state index is 0.00192. The van der Waals surface area contributed by atoms with Crippen LogP contribution in [0.15, 0.2) is 54.6 Å². The van der Waals surface area contributed by atoms with E-state index in [4.69, 9.17) is 18.9 Å². The Hall–Kier alpha value is -5.20. The molecule has 5 atom stereocenters. The molecule has 0 fully saturated rings. The molecule has 0 aliphatic carbocycles. The summed E-state index contributed by atoms with van der Waals surface area (Å²) in [7, 11) is 2.77. The lowest BCUT2D eigenvalue weighted by atomic mass is 9.77. The first-order valence-electron chi connectivity index (χ1n) is 13.6. The number of phenols is 6. The quantitative estimate of drug-likeness (QED) is 0.154. The van der Waals surface area contributed by atoms with Crippen molar-refractivity contribution in [3.8, 4) is 57.5 Å². The highest BCUT2D eigenvalue weighted by Crippen LogP contribution is 2.57. The third-order valence-electron chi connectivity index (χ3n) is 8.08. The summed E-state index contributed by atoms with van der Waals surface area (Å²) in [5.74, 6) is -2.94. The van der Waals surface area contributed by atoms with Crippen LogP contribution in [0.5, 0.6) is 57.5 Å². The van der Waals surface area contributed by atoms with Crippen LogP contribution in [0.1, 0.15) is 45.9 Å². The van der Waals surface area contributed by atoms with Crippen molar-refractivity contribution >= 4 is 0 Å². The second kappa shape index (κ2) is 10.8. The predicted octanol–water partition coefficient (Wildman–Crippen LogP) is 3.60. The summed E-state index contributed by atoms with van der Waals surface area (Å²) in [5.41, 5.74) is 1.08. The largest absolute Gasteiger partial charge is 0.508 e. The van der Waals surface area contributed by atoms with E-state index in [1.807, 2.05) is 0 Å². The molecule has 44 heavy (non-hydrogen) atoms. The molecule has 1 unspecified atom stereocenters. The number of benzene rings is 4. The van der Waals surface area contributed by atoms with Crippen molar-refractivity contribution in [2.45, 2.75) is 36.8 Å². The number of fused-ring (bicyclic) bond motifs is 2. The minimum atomic E-state index is -1.51. The van der Waals surface area contributed by atoms with Crippen LogP contribution in [-0.4, -0.2) is 67.3 Å². The summed E-state index contributed by atoms with van der Waals surface area (Å²) in [5, 5.41) is 86.2. The van der Waals surface area contributed by atoms with Crippen LogP contribution >= 0.6 is 0 Å². The fourth-order valence-electron chi connectivity index (χ4n) is 6.04. The zero-order valence-electron chi connectivity index (χ0n) is 23.5. The second-order valence-electron chi connectivity index (χ2n) is 10.7. The van der Waals surface area contributed by atoms with E-state index in [9.17, 15) is 40.9 Å². The number of hydrogen-bond donors (Lipinski definition) is 8. The number of rotatable bonds is 5. The van der Waals surface area contributed by atoms with Crippen LogP contribution in [0.4, 0.5) is 0 Å². The minimum Gasteiger partial charge on any atom is -0.508 e. The lowest BCUT2D eigenvalue weighted by Crippen LogP contribution is -2.37. The van der Waals surface area contributed by atoms with Gasteiger partial charge in [-0.05, 0) is 35.4 Å². The monoisotopic (exact) mass is 606 g/mol. The lowest BCUT2D eigenvalue weighted by Gasteiger charge is -2.40. The van der Waals surface area contributed by atoms with Gasteiger partial charge in [-0.1, -0.05) is 12.1 Å². The maximum absolute atomic E-state index is 11.9. The molecule has 12 heteroatoms. The van der Waals surface area contributed by atoms with Crippen molar-refractivity contribution in [3.05, 3.63) is 82.4 Å². The SMILES string of the molecule is COc1ccc([C@H]2Oc3cc(O)cc(O)c3C(c3c(O)cc(OC)c4c3O[C@H](c3ccc(O)c(O)c3)[C@@H](O)C4)[C@H]2O)cc1O. The van der Waals surface area contributed by atoms with Crippen LogP contribution in [0.3, 0.4) is 0 Å². The van der Waals surface area contributed by atoms with Gasteiger partial charge < -0.3 is 59.8 Å². The molecule has 12 nitrogen and oxygen atoms in total. The number of aliphatic hydroxyl groups excluding tert-OH is 2. The highest BCUT2D eigenvalue weighted by molar-refractivity contribution is 5.66. The maximum atomic E-state index is 11.9. The Morgan fingerprint density at radius 2 is 1.30 bits per heavy atom. The number of hydrogen-bond acceptors (Lipinski definition) is 12. The predicted molar refractivity (Wildman–Crippen MR) is 153 cm³/mol. The summed E-state index contributed by atoms with van der Waals surface area (Å²) in [6.07, 6.45) is -4.95. The third-order valence-corrected chi connectivity index (χ3v) is 8.08. The normalized spacial score (nSPS) is 22.2. The molecular weight excluding hydrogens is 576 g/mol. The Morgan fingerprint density at radius 3 is 1.98 bits per heavy atom. The zero-order chi connectivity index (χ0) is 31.4. The Labute approximate surface area is 250 Å². The van der Waals surface area contributed by atoms with Crippen molar-refractivity contribution in [2.24, 2.45) is 0 Å². The summed E-state index contributed by atoms with van der Waals surface area (Å²) < 4.78 is 23.0. The van der Waals surface area contributed by atoms with E-state index in [0.717, 1.165) is 6.07 Å². The number of phenolic OH excluding ortho intramolecular Hbond substituents is 6. The third kappa shape index (κ3) is 4.64. The smallest absolute Gasteiger partial charge is 0.160 e. The Kier molecular flexibility index (Phi) is 7.10. The molecule has 2 aliphatic heterocycles. The molecule has 0 saturated heterocycles. The average molecular weight is 607 g/mol. The van der Waals surface area contributed by atoms with Gasteiger partial charge in [0.05, 0.1) is 26.2 Å². The van der Waals surface area contributed by atoms with Crippen LogP contribution < -0.4 is 18.9 Å². The number of methoxy groups -OCH3 is 2. The maximum Gasteiger partial charge on any atom is 0.160 e. The molecule has 0 bridgehead atoms. The fourth-order valence-corrected chi connectivity index (χ4v) is 6.04. The van der Waals surface area contributed by atoms with Crippen molar-refractivity contribution in [2.75, 3.05) is 14.2 Å². The van der Waals surface area contributed by atoms with Gasteiger partial charge in [0.25, 0.3) is 0 Å². The van der Waals surface area contributed by atoms with E-state index in [0.29, 0.717) is 16.7 Å². The molecule has 0 spiro atoms. The lowest BCUT2D eigenvalue weighted by molar-refractivity contribution is 0.00115. The zero-order valence-corrected chi connectivity index (χ0v) is 23.5. The molecule has 230 valence electrons. The summed E-state index contributed by atoms with van der Waals surface area (Å²) >= 11 is 0. The number of aliphatic hydroxyl groups is 2. The van der Waals surface area contributed by atoms with Gasteiger partial charge in [0.15, 0.2) is 29.1 Å². The molecule has 0 radical (unpaired) electrons. The number of aromatic hydroxyl groups is 6. The molecule has 0 saturated carbocycles. The van der Waals surface area contributed by atoms with E-state index < -0.39 is 41.8 Å². The van der Waals surface area contributed by atoms with Crippen molar-refractivity contribution in [3.63, 3.8) is 0 Å². The summed E-state index contributed by atoms with van der Waals surface area (Å²) in [4.78, 5) is 0. The van der Waals surface area contributed by atoms with Crippen LogP contribution in [0.2, 0.25) is 0 Å². The van der Waals surface area contributed by atoms with E-state index in [-0.39, 0.29) is 63.5 Å². The molecule has 4 aromatic rings. The average Bonchev–Trinajstić information content (AvgIpc) is 2.98. The Balaban J connectivity index is 1.56. The molecule has 0 aromatic heterocycles. The van der Waals surface area contributed by atoms with Gasteiger partial charge in [0.2, 0.25) is 0 Å². The van der Waals surface area contributed by atoms with Crippen molar-refractivity contribution < 1.29 is 59.8 Å². The van der Waals surface area contributed by atoms with Crippen LogP contribution in [0.25, 0.3) is 0 Å². The summed E-state index contributed by atoms with van der Waals surface area (Å²) in [6.45, 7) is 0. The van der Waals surface area contributed by atoms with Gasteiger partial charge in [0.1, 0.15) is 46.7 Å². The van der Waals surface area contributed by atoms with Gasteiger partial charge in [-0.2, -0.15) is 0 Å². The van der Waals surface area contributed by atoms with Gasteiger partial charge in [-0.3, -0.25) is 0 Å². The van der Waals surface area contributed by atoms with Crippen molar-refractivity contribution in [1.82, 2.24) is 0 Å².